The topological polar surface area (TPSA) is 41.5 Å². The summed E-state index contributed by atoms with van der Waals surface area (Å²) >= 11 is 0. The highest BCUT2D eigenvalue weighted by atomic mass is 16.2. The molecule has 0 unspecified atom stereocenters. The van der Waals surface area contributed by atoms with E-state index in [9.17, 15) is 4.79 Å². The monoisotopic (exact) mass is 340 g/mol. The van der Waals surface area contributed by atoms with Gasteiger partial charge in [0.25, 0.3) is 0 Å². The van der Waals surface area contributed by atoms with E-state index < -0.39 is 0 Å². The molecule has 3 heteroatoms. The van der Waals surface area contributed by atoms with Crippen LogP contribution >= 0.6 is 0 Å². The first-order chi connectivity index (χ1) is 11.7. The lowest BCUT2D eigenvalue weighted by Crippen LogP contribution is -2.19. The number of nitrogens with one attached hydrogen (secondary N) is 1. The Bertz CT molecular complexity index is 656. The van der Waals surface area contributed by atoms with Gasteiger partial charge in [-0.1, -0.05) is 55.4 Å². The Hall–Kier alpha value is -2.16. The molecule has 1 aliphatic rings. The summed E-state index contributed by atoms with van der Waals surface area (Å²) in [4.78, 5) is 10.7. The molecule has 0 heterocycles. The summed E-state index contributed by atoms with van der Waals surface area (Å²) in [6, 6.07) is 0. The lowest BCUT2D eigenvalue weighted by atomic mass is 9.72. The highest BCUT2D eigenvalue weighted by molar-refractivity contribution is 5.77. The minimum absolute atomic E-state index is 0.172. The number of carbonyl (C=O) groups is 1. The smallest absolute Gasteiger partial charge is 0.236 e. The van der Waals surface area contributed by atoms with Crippen LogP contribution in [0.4, 0.5) is 0 Å². The van der Waals surface area contributed by atoms with Gasteiger partial charge in [0.15, 0.2) is 0 Å². The maximum atomic E-state index is 10.7. The summed E-state index contributed by atoms with van der Waals surface area (Å²) in [5.41, 5.74) is 7.94. The van der Waals surface area contributed by atoms with E-state index in [2.05, 4.69) is 56.5 Å². The van der Waals surface area contributed by atoms with Gasteiger partial charge in [-0.25, -0.2) is 5.43 Å². The van der Waals surface area contributed by atoms with E-state index in [1.54, 1.807) is 6.21 Å². The third-order valence-corrected chi connectivity index (χ3v) is 4.41. The molecule has 0 saturated carbocycles. The van der Waals surface area contributed by atoms with Crippen molar-refractivity contribution < 1.29 is 4.79 Å². The average Bonchev–Trinajstić information content (AvgIpc) is 2.50. The third kappa shape index (κ3) is 7.97. The van der Waals surface area contributed by atoms with Gasteiger partial charge in [0.2, 0.25) is 5.91 Å². The Labute approximate surface area is 153 Å². The molecular formula is C22H32N2O. The first kappa shape index (κ1) is 20.9. The van der Waals surface area contributed by atoms with Gasteiger partial charge < -0.3 is 0 Å². The average molecular weight is 341 g/mol. The molecule has 0 bridgehead atoms. The zero-order chi connectivity index (χ0) is 18.9. The maximum Gasteiger partial charge on any atom is 0.236 e. The van der Waals surface area contributed by atoms with E-state index in [-0.39, 0.29) is 11.3 Å². The van der Waals surface area contributed by atoms with E-state index in [0.29, 0.717) is 0 Å². The number of nitrogens with zero attached hydrogens (tertiary/aromatic N) is 1. The molecular weight excluding hydrogens is 308 g/mol. The standard InChI is InChI=1S/C22H32N2O/c1-17(9-7-10-18(2)14-16-23-24-20(4)25)12-13-21-19(3)11-8-15-22(21,5)6/h7,9-10,12-14,16H,8,11,15H2,1-6H3,(H,24,25)/b10-7+,13-12+,17-9+,18-14+,23-16+. The van der Waals surface area contributed by atoms with E-state index in [0.717, 1.165) is 5.57 Å². The molecule has 0 aromatic carbocycles. The van der Waals surface area contributed by atoms with E-state index in [1.165, 1.54) is 42.9 Å². The van der Waals surface area contributed by atoms with Crippen LogP contribution in [0.3, 0.4) is 0 Å². The third-order valence-electron chi connectivity index (χ3n) is 4.41. The van der Waals surface area contributed by atoms with Crippen molar-refractivity contribution in [2.75, 3.05) is 0 Å². The number of carbonyl (C=O) groups excluding carboxylic acids is 1. The van der Waals surface area contributed by atoms with Crippen molar-refractivity contribution in [1.29, 1.82) is 0 Å². The van der Waals surface area contributed by atoms with Crippen molar-refractivity contribution in [3.8, 4) is 0 Å². The van der Waals surface area contributed by atoms with Crippen LogP contribution in [-0.4, -0.2) is 12.1 Å². The van der Waals surface area contributed by atoms with Gasteiger partial charge in [-0.15, -0.1) is 0 Å². The summed E-state index contributed by atoms with van der Waals surface area (Å²) in [6.07, 6.45) is 17.9. The minimum atomic E-state index is -0.172. The van der Waals surface area contributed by atoms with Crippen molar-refractivity contribution >= 4 is 12.1 Å². The van der Waals surface area contributed by atoms with E-state index >= 15 is 0 Å². The van der Waals surface area contributed by atoms with Crippen molar-refractivity contribution in [2.45, 2.75) is 60.8 Å². The molecule has 0 atom stereocenters. The molecule has 0 saturated heterocycles. The molecule has 0 aromatic rings. The SMILES string of the molecule is CC(=O)N/N=C/C=C(C)/C=C/C=C(C)/C=C/C1=C(C)CCCC1(C)C. The number of rotatable bonds is 6. The summed E-state index contributed by atoms with van der Waals surface area (Å²) < 4.78 is 0. The normalized spacial score (nSPS) is 19.4. The Morgan fingerprint density at radius 3 is 2.44 bits per heavy atom. The molecule has 1 amide bonds. The number of hydrazone groups is 1. The Morgan fingerprint density at radius 1 is 1.12 bits per heavy atom. The zero-order valence-electron chi connectivity index (χ0n) is 16.5. The molecule has 3 nitrogen and oxygen atoms in total. The Kier molecular flexibility index (Phi) is 8.33. The second kappa shape index (κ2) is 9.97. The summed E-state index contributed by atoms with van der Waals surface area (Å²) in [7, 11) is 0. The fraction of sp³-hybridized carbons (Fsp3) is 0.455. The second-order valence-electron chi connectivity index (χ2n) is 7.39. The number of hydrogen-bond acceptors (Lipinski definition) is 2. The zero-order valence-corrected chi connectivity index (χ0v) is 16.5. The molecule has 0 aromatic heterocycles. The summed E-state index contributed by atoms with van der Waals surface area (Å²) in [5.74, 6) is -0.172. The second-order valence-corrected chi connectivity index (χ2v) is 7.39. The van der Waals surface area contributed by atoms with Crippen LogP contribution in [0.2, 0.25) is 0 Å². The fourth-order valence-corrected chi connectivity index (χ4v) is 2.97. The molecule has 0 aliphatic heterocycles. The predicted octanol–water partition coefficient (Wildman–Crippen LogP) is 5.64. The Balaban J connectivity index is 2.68. The first-order valence-corrected chi connectivity index (χ1v) is 8.92. The van der Waals surface area contributed by atoms with Crippen molar-refractivity contribution in [3.05, 3.63) is 58.7 Å². The van der Waals surface area contributed by atoms with Crippen molar-refractivity contribution in [2.24, 2.45) is 10.5 Å². The molecule has 1 N–H and O–H groups in total. The van der Waals surface area contributed by atoms with Gasteiger partial charge in [0.1, 0.15) is 0 Å². The van der Waals surface area contributed by atoms with Gasteiger partial charge in [-0.3, -0.25) is 4.79 Å². The van der Waals surface area contributed by atoms with Crippen molar-refractivity contribution in [1.82, 2.24) is 5.43 Å². The number of allylic oxidation sites excluding steroid dienone is 10. The van der Waals surface area contributed by atoms with Gasteiger partial charge in [-0.2, -0.15) is 5.10 Å². The summed E-state index contributed by atoms with van der Waals surface area (Å²) in [6.45, 7) is 12.5. The summed E-state index contributed by atoms with van der Waals surface area (Å²) in [5, 5.41) is 3.79. The van der Waals surface area contributed by atoms with Crippen LogP contribution in [-0.2, 0) is 4.79 Å². The van der Waals surface area contributed by atoms with E-state index in [1.807, 2.05) is 25.2 Å². The molecule has 1 aliphatic carbocycles. The Morgan fingerprint density at radius 2 is 1.80 bits per heavy atom. The minimum Gasteiger partial charge on any atom is -0.274 e. The molecule has 0 radical (unpaired) electrons. The van der Waals surface area contributed by atoms with Gasteiger partial charge >= 0.3 is 0 Å². The van der Waals surface area contributed by atoms with Crippen molar-refractivity contribution in [3.63, 3.8) is 0 Å². The van der Waals surface area contributed by atoms with Gasteiger partial charge in [0, 0.05) is 13.1 Å². The quantitative estimate of drug-likeness (QED) is 0.379. The molecule has 0 spiro atoms. The van der Waals surface area contributed by atoms with Gasteiger partial charge in [0.05, 0.1) is 0 Å². The number of hydrogen-bond donors (Lipinski definition) is 1. The lowest BCUT2D eigenvalue weighted by Gasteiger charge is -2.32. The molecule has 136 valence electrons. The van der Waals surface area contributed by atoms with Crippen LogP contribution in [0.5, 0.6) is 0 Å². The van der Waals surface area contributed by atoms with Crippen LogP contribution in [0.1, 0.15) is 60.8 Å². The lowest BCUT2D eigenvalue weighted by molar-refractivity contribution is -0.118. The van der Waals surface area contributed by atoms with Crippen LogP contribution in [0.25, 0.3) is 0 Å². The van der Waals surface area contributed by atoms with Crippen LogP contribution < -0.4 is 5.43 Å². The molecule has 1 rings (SSSR count). The van der Waals surface area contributed by atoms with Crippen LogP contribution in [0.15, 0.2) is 63.8 Å². The first-order valence-electron chi connectivity index (χ1n) is 8.92. The highest BCUT2D eigenvalue weighted by Crippen LogP contribution is 2.40. The van der Waals surface area contributed by atoms with Crippen LogP contribution in [0, 0.1) is 5.41 Å². The fourth-order valence-electron chi connectivity index (χ4n) is 2.97. The largest absolute Gasteiger partial charge is 0.274 e. The maximum absolute atomic E-state index is 10.7. The highest BCUT2D eigenvalue weighted by Gasteiger charge is 2.26. The predicted molar refractivity (Wildman–Crippen MR) is 108 cm³/mol. The number of amides is 1. The van der Waals surface area contributed by atoms with E-state index in [4.69, 9.17) is 0 Å². The molecule has 25 heavy (non-hydrogen) atoms. The van der Waals surface area contributed by atoms with Gasteiger partial charge in [-0.05, 0) is 62.7 Å². The molecule has 0 fully saturated rings.